The number of ether oxygens (including phenoxy) is 2. The molecular weight excluding hydrogens is 246 g/mol. The van der Waals surface area contributed by atoms with Crippen LogP contribution in [0.5, 0.6) is 5.75 Å². The summed E-state index contributed by atoms with van der Waals surface area (Å²) in [5, 5.41) is 2.63. The minimum absolute atomic E-state index is 0.444. The van der Waals surface area contributed by atoms with Gasteiger partial charge in [-0.2, -0.15) is 0 Å². The van der Waals surface area contributed by atoms with Crippen LogP contribution < -0.4 is 10.1 Å². The number of hydrogen-bond donors (Lipinski definition) is 1. The molecule has 0 saturated heterocycles. The van der Waals surface area contributed by atoms with Gasteiger partial charge < -0.3 is 13.9 Å². The Morgan fingerprint density at radius 3 is 2.84 bits per heavy atom. The van der Waals surface area contributed by atoms with Crippen molar-refractivity contribution in [2.45, 2.75) is 13.5 Å². The largest absolute Gasteiger partial charge is 0.489 e. The van der Waals surface area contributed by atoms with Crippen LogP contribution in [-0.4, -0.2) is 13.2 Å². The molecule has 0 unspecified atom stereocenters. The Labute approximate surface area is 111 Å². The highest BCUT2D eigenvalue weighted by Crippen LogP contribution is 2.22. The molecule has 1 aromatic heterocycles. The third-order valence-electron chi connectivity index (χ3n) is 2.61. The zero-order valence-corrected chi connectivity index (χ0v) is 10.8. The number of carbonyl (C=O) groups is 1. The predicted molar refractivity (Wildman–Crippen MR) is 70.2 cm³/mol. The average Bonchev–Trinajstić information content (AvgIpc) is 2.92. The Bertz CT molecular complexity index is 549. The highest BCUT2D eigenvalue weighted by atomic mass is 16.5. The number of hydrogen-bond acceptors (Lipinski definition) is 4. The van der Waals surface area contributed by atoms with Crippen molar-refractivity contribution >= 4 is 11.8 Å². The first-order chi connectivity index (χ1) is 9.19. The van der Waals surface area contributed by atoms with Gasteiger partial charge in [-0.15, -0.1) is 0 Å². The second-order valence-corrected chi connectivity index (χ2v) is 4.01. The molecule has 1 aromatic carbocycles. The van der Waals surface area contributed by atoms with E-state index in [2.05, 4.69) is 10.1 Å². The Hall–Kier alpha value is -2.43. The number of aryl methyl sites for hydroxylation is 1. The molecule has 0 aliphatic rings. The smallest absolute Gasteiger partial charge is 0.411 e. The summed E-state index contributed by atoms with van der Waals surface area (Å²) in [6.07, 6.45) is 2.75. The van der Waals surface area contributed by atoms with Gasteiger partial charge in [-0.3, -0.25) is 5.32 Å². The van der Waals surface area contributed by atoms with E-state index in [-0.39, 0.29) is 0 Å². The van der Waals surface area contributed by atoms with Crippen LogP contribution >= 0.6 is 0 Å². The quantitative estimate of drug-likeness (QED) is 0.916. The number of amides is 1. The molecule has 0 fully saturated rings. The standard InChI is InChI=1S/C14H15NO4/c1-10-7-12(19-9-11-5-6-18-8-11)3-4-13(10)15-14(16)17-2/h3-8H,9H2,1-2H3,(H,15,16). The van der Waals surface area contributed by atoms with Gasteiger partial charge in [0.05, 0.1) is 19.6 Å². The summed E-state index contributed by atoms with van der Waals surface area (Å²) in [6, 6.07) is 7.26. The second kappa shape index (κ2) is 5.95. The van der Waals surface area contributed by atoms with Crippen LogP contribution in [0.4, 0.5) is 10.5 Å². The minimum atomic E-state index is -0.491. The Kier molecular flexibility index (Phi) is 4.07. The summed E-state index contributed by atoms with van der Waals surface area (Å²) >= 11 is 0. The summed E-state index contributed by atoms with van der Waals surface area (Å²) in [5.74, 6) is 0.731. The van der Waals surface area contributed by atoms with Crippen LogP contribution in [0.3, 0.4) is 0 Å². The summed E-state index contributed by atoms with van der Waals surface area (Å²) in [4.78, 5) is 11.1. The van der Waals surface area contributed by atoms with Crippen molar-refractivity contribution in [1.82, 2.24) is 0 Å². The summed E-state index contributed by atoms with van der Waals surface area (Å²) in [5.41, 5.74) is 2.56. The van der Waals surface area contributed by atoms with Crippen LogP contribution in [0, 0.1) is 6.92 Å². The van der Waals surface area contributed by atoms with Crippen LogP contribution in [0.2, 0.25) is 0 Å². The maximum absolute atomic E-state index is 11.1. The fourth-order valence-electron chi connectivity index (χ4n) is 1.57. The molecule has 1 amide bonds. The van der Waals surface area contributed by atoms with Gasteiger partial charge in [0.1, 0.15) is 12.4 Å². The van der Waals surface area contributed by atoms with Gasteiger partial charge in [-0.05, 0) is 36.8 Å². The van der Waals surface area contributed by atoms with Crippen molar-refractivity contribution in [3.05, 3.63) is 47.9 Å². The number of anilines is 1. The molecule has 1 heterocycles. The van der Waals surface area contributed by atoms with E-state index in [9.17, 15) is 4.79 Å². The van der Waals surface area contributed by atoms with E-state index in [1.165, 1.54) is 7.11 Å². The van der Waals surface area contributed by atoms with Crippen LogP contribution in [0.15, 0.2) is 41.2 Å². The van der Waals surface area contributed by atoms with Crippen LogP contribution in [-0.2, 0) is 11.3 Å². The molecular formula is C14H15NO4. The van der Waals surface area contributed by atoms with E-state index in [1.54, 1.807) is 24.7 Å². The van der Waals surface area contributed by atoms with Gasteiger partial charge in [0.2, 0.25) is 0 Å². The second-order valence-electron chi connectivity index (χ2n) is 4.01. The number of methoxy groups -OCH3 is 1. The maximum Gasteiger partial charge on any atom is 0.411 e. The van der Waals surface area contributed by atoms with Gasteiger partial charge in [0, 0.05) is 11.3 Å². The highest BCUT2D eigenvalue weighted by Gasteiger charge is 2.05. The molecule has 19 heavy (non-hydrogen) atoms. The Morgan fingerprint density at radius 2 is 2.21 bits per heavy atom. The van der Waals surface area contributed by atoms with Gasteiger partial charge in [0.25, 0.3) is 0 Å². The first-order valence-electron chi connectivity index (χ1n) is 5.78. The van der Waals surface area contributed by atoms with E-state index in [1.807, 2.05) is 19.1 Å². The fraction of sp³-hybridized carbons (Fsp3) is 0.214. The number of benzene rings is 1. The predicted octanol–water partition coefficient (Wildman–Crippen LogP) is 3.35. The maximum atomic E-state index is 11.1. The van der Waals surface area contributed by atoms with Gasteiger partial charge in [-0.25, -0.2) is 4.79 Å². The normalized spacial score (nSPS) is 10.0. The van der Waals surface area contributed by atoms with Gasteiger partial charge >= 0.3 is 6.09 Å². The first-order valence-corrected chi connectivity index (χ1v) is 5.78. The average molecular weight is 261 g/mol. The molecule has 0 aliphatic carbocycles. The van der Waals surface area contributed by atoms with Crippen LogP contribution in [0.1, 0.15) is 11.1 Å². The molecule has 0 aliphatic heterocycles. The SMILES string of the molecule is COC(=O)Nc1ccc(OCc2ccoc2)cc1C. The molecule has 2 rings (SSSR count). The number of carbonyl (C=O) groups excluding carboxylic acids is 1. The number of rotatable bonds is 4. The first kappa shape index (κ1) is 13.0. The lowest BCUT2D eigenvalue weighted by Gasteiger charge is -2.10. The third-order valence-corrected chi connectivity index (χ3v) is 2.61. The van der Waals surface area contributed by atoms with Gasteiger partial charge in [-0.1, -0.05) is 0 Å². The van der Waals surface area contributed by atoms with Crippen LogP contribution in [0.25, 0.3) is 0 Å². The van der Waals surface area contributed by atoms with E-state index in [0.29, 0.717) is 12.3 Å². The molecule has 0 bridgehead atoms. The Morgan fingerprint density at radius 1 is 1.37 bits per heavy atom. The molecule has 0 atom stereocenters. The number of furan rings is 1. The molecule has 5 nitrogen and oxygen atoms in total. The van der Waals surface area contributed by atoms with E-state index < -0.39 is 6.09 Å². The monoisotopic (exact) mass is 261 g/mol. The molecule has 0 radical (unpaired) electrons. The van der Waals surface area contributed by atoms with Crippen molar-refractivity contribution in [3.63, 3.8) is 0 Å². The molecule has 5 heteroatoms. The van der Waals surface area contributed by atoms with Crippen molar-refractivity contribution < 1.29 is 18.7 Å². The highest BCUT2D eigenvalue weighted by molar-refractivity contribution is 5.85. The summed E-state index contributed by atoms with van der Waals surface area (Å²) < 4.78 is 15.1. The zero-order valence-electron chi connectivity index (χ0n) is 10.8. The topological polar surface area (TPSA) is 60.7 Å². The summed E-state index contributed by atoms with van der Waals surface area (Å²) in [7, 11) is 1.33. The Balaban J connectivity index is 2.00. The molecule has 0 spiro atoms. The lowest BCUT2D eigenvalue weighted by molar-refractivity contribution is 0.187. The molecule has 2 aromatic rings. The lowest BCUT2D eigenvalue weighted by Crippen LogP contribution is -2.11. The fourth-order valence-corrected chi connectivity index (χ4v) is 1.57. The van der Waals surface area contributed by atoms with E-state index in [0.717, 1.165) is 16.9 Å². The van der Waals surface area contributed by atoms with Crippen molar-refractivity contribution in [3.8, 4) is 5.75 Å². The molecule has 1 N–H and O–H groups in total. The van der Waals surface area contributed by atoms with E-state index >= 15 is 0 Å². The number of nitrogens with one attached hydrogen (secondary N) is 1. The third kappa shape index (κ3) is 3.51. The molecule has 100 valence electrons. The van der Waals surface area contributed by atoms with Crippen molar-refractivity contribution in [1.29, 1.82) is 0 Å². The zero-order chi connectivity index (χ0) is 13.7. The molecule has 0 saturated carbocycles. The lowest BCUT2D eigenvalue weighted by atomic mass is 10.2. The van der Waals surface area contributed by atoms with Crippen molar-refractivity contribution in [2.24, 2.45) is 0 Å². The van der Waals surface area contributed by atoms with Gasteiger partial charge in [0.15, 0.2) is 0 Å². The summed E-state index contributed by atoms with van der Waals surface area (Å²) in [6.45, 7) is 2.33. The van der Waals surface area contributed by atoms with E-state index in [4.69, 9.17) is 9.15 Å². The van der Waals surface area contributed by atoms with Crippen molar-refractivity contribution in [2.75, 3.05) is 12.4 Å². The minimum Gasteiger partial charge on any atom is -0.489 e.